The molecule has 144 valence electrons. The molecular weight excluding hydrogens is 383 g/mol. The van der Waals surface area contributed by atoms with E-state index in [9.17, 15) is 14.0 Å². The first-order chi connectivity index (χ1) is 13.5. The van der Waals surface area contributed by atoms with E-state index in [0.29, 0.717) is 47.6 Å². The number of aryl methyl sites for hydroxylation is 1. The molecule has 2 amide bonds. The first-order valence-electron chi connectivity index (χ1n) is 8.71. The summed E-state index contributed by atoms with van der Waals surface area (Å²) in [6.45, 7) is 3.25. The quantitative estimate of drug-likeness (QED) is 0.725. The maximum atomic E-state index is 13.9. The van der Waals surface area contributed by atoms with Gasteiger partial charge in [-0.2, -0.15) is 5.10 Å². The molecule has 0 bridgehead atoms. The van der Waals surface area contributed by atoms with E-state index in [1.54, 1.807) is 28.9 Å². The lowest BCUT2D eigenvalue weighted by Gasteiger charge is -2.34. The molecular formula is C18H17FN6O2S. The first-order valence-corrected chi connectivity index (χ1v) is 9.52. The van der Waals surface area contributed by atoms with E-state index in [1.807, 2.05) is 0 Å². The van der Waals surface area contributed by atoms with Crippen LogP contribution >= 0.6 is 11.3 Å². The lowest BCUT2D eigenvalue weighted by atomic mass is 10.1. The zero-order valence-corrected chi connectivity index (χ0v) is 15.9. The van der Waals surface area contributed by atoms with Crippen LogP contribution in [-0.2, 0) is 0 Å². The van der Waals surface area contributed by atoms with Gasteiger partial charge >= 0.3 is 0 Å². The van der Waals surface area contributed by atoms with Gasteiger partial charge in [0.25, 0.3) is 11.8 Å². The van der Waals surface area contributed by atoms with Crippen LogP contribution in [0.2, 0.25) is 0 Å². The summed E-state index contributed by atoms with van der Waals surface area (Å²) in [5.74, 6) is -0.496. The molecule has 0 aliphatic carbocycles. The summed E-state index contributed by atoms with van der Waals surface area (Å²) in [6.07, 6.45) is 1.39. The van der Waals surface area contributed by atoms with Crippen LogP contribution in [0, 0.1) is 12.7 Å². The van der Waals surface area contributed by atoms with Crippen LogP contribution in [0.3, 0.4) is 0 Å². The molecule has 28 heavy (non-hydrogen) atoms. The first kappa shape index (κ1) is 18.2. The zero-order chi connectivity index (χ0) is 19.7. The summed E-state index contributed by atoms with van der Waals surface area (Å²) >= 11 is 1.26. The van der Waals surface area contributed by atoms with E-state index in [0.717, 1.165) is 0 Å². The number of rotatable bonds is 3. The van der Waals surface area contributed by atoms with Crippen molar-refractivity contribution in [2.75, 3.05) is 26.2 Å². The number of aromatic amines is 1. The van der Waals surface area contributed by atoms with Crippen LogP contribution < -0.4 is 0 Å². The Balaban J connectivity index is 1.43. The fourth-order valence-electron chi connectivity index (χ4n) is 3.07. The highest BCUT2D eigenvalue weighted by Crippen LogP contribution is 2.26. The van der Waals surface area contributed by atoms with Crippen molar-refractivity contribution in [3.8, 4) is 10.8 Å². The maximum absolute atomic E-state index is 13.9. The van der Waals surface area contributed by atoms with Gasteiger partial charge in [0.2, 0.25) is 0 Å². The molecule has 1 aliphatic heterocycles. The number of aromatic nitrogens is 4. The number of halogens is 1. The Bertz CT molecular complexity index is 1010. The molecule has 1 N–H and O–H groups in total. The van der Waals surface area contributed by atoms with Gasteiger partial charge in [0.15, 0.2) is 10.8 Å². The van der Waals surface area contributed by atoms with Gasteiger partial charge in [-0.1, -0.05) is 12.1 Å². The average molecular weight is 400 g/mol. The van der Waals surface area contributed by atoms with Gasteiger partial charge < -0.3 is 9.80 Å². The second kappa shape index (κ2) is 7.47. The number of H-pyrrole nitrogens is 1. The Labute approximate surface area is 164 Å². The van der Waals surface area contributed by atoms with Gasteiger partial charge in [0.1, 0.15) is 17.0 Å². The van der Waals surface area contributed by atoms with Crippen LogP contribution in [0.1, 0.15) is 25.7 Å². The van der Waals surface area contributed by atoms with E-state index in [1.165, 1.54) is 29.8 Å². The van der Waals surface area contributed by atoms with Crippen LogP contribution in [0.25, 0.3) is 10.8 Å². The van der Waals surface area contributed by atoms with Crippen molar-refractivity contribution >= 4 is 23.2 Å². The molecule has 0 saturated carbocycles. The summed E-state index contributed by atoms with van der Waals surface area (Å²) < 4.78 is 13.9. The molecule has 0 spiro atoms. The van der Waals surface area contributed by atoms with Crippen molar-refractivity contribution in [2.24, 2.45) is 0 Å². The number of amides is 2. The van der Waals surface area contributed by atoms with Gasteiger partial charge in [-0.25, -0.2) is 14.4 Å². The molecule has 0 unspecified atom stereocenters. The number of nitrogens with zero attached hydrogens (tertiary/aromatic N) is 5. The van der Waals surface area contributed by atoms with Gasteiger partial charge in [0, 0.05) is 26.2 Å². The third-order valence-electron chi connectivity index (χ3n) is 4.57. The topological polar surface area (TPSA) is 95.1 Å². The molecule has 3 heterocycles. The average Bonchev–Trinajstić information content (AvgIpc) is 3.37. The van der Waals surface area contributed by atoms with Crippen LogP contribution in [0.15, 0.2) is 30.6 Å². The number of hydrogen-bond donors (Lipinski definition) is 1. The second-order valence-electron chi connectivity index (χ2n) is 6.33. The molecule has 2 aromatic heterocycles. The van der Waals surface area contributed by atoms with Gasteiger partial charge in [0.05, 0.1) is 11.3 Å². The third-order valence-corrected chi connectivity index (χ3v) is 5.72. The zero-order valence-electron chi connectivity index (χ0n) is 15.1. The predicted octanol–water partition coefficient (Wildman–Crippen LogP) is 1.97. The van der Waals surface area contributed by atoms with Crippen molar-refractivity contribution in [1.82, 2.24) is 30.0 Å². The SMILES string of the molecule is Cc1nc(-c2ncn[nH]2)sc1C(=O)N1CCN(C(=O)c2ccccc2F)CC1. The Kier molecular flexibility index (Phi) is 4.86. The molecule has 1 saturated heterocycles. The van der Waals surface area contributed by atoms with Crippen molar-refractivity contribution in [3.63, 3.8) is 0 Å². The normalized spacial score (nSPS) is 14.4. The Morgan fingerprint density at radius 1 is 1.11 bits per heavy atom. The Morgan fingerprint density at radius 2 is 1.79 bits per heavy atom. The number of hydrogen-bond acceptors (Lipinski definition) is 6. The third kappa shape index (κ3) is 3.38. The second-order valence-corrected chi connectivity index (χ2v) is 7.33. The molecule has 0 radical (unpaired) electrons. The lowest BCUT2D eigenvalue weighted by Crippen LogP contribution is -2.50. The number of thiazole rings is 1. The number of benzene rings is 1. The van der Waals surface area contributed by atoms with Gasteiger partial charge in [-0.3, -0.25) is 14.7 Å². The standard InChI is InChI=1S/C18H17FN6O2S/c1-11-14(28-16(22-11)15-20-10-21-23-15)18(27)25-8-6-24(7-9-25)17(26)12-4-2-3-5-13(12)19/h2-5,10H,6-9H2,1H3,(H,20,21,23). The molecule has 1 aliphatic rings. The number of piperazine rings is 1. The van der Waals surface area contributed by atoms with E-state index >= 15 is 0 Å². The minimum absolute atomic E-state index is 0.0530. The molecule has 0 atom stereocenters. The monoisotopic (exact) mass is 400 g/mol. The molecule has 8 nitrogen and oxygen atoms in total. The molecule has 1 fully saturated rings. The maximum Gasteiger partial charge on any atom is 0.265 e. The summed E-state index contributed by atoms with van der Waals surface area (Å²) in [6, 6.07) is 5.93. The molecule has 3 aromatic rings. The van der Waals surface area contributed by atoms with Crippen molar-refractivity contribution in [1.29, 1.82) is 0 Å². The van der Waals surface area contributed by atoms with Crippen molar-refractivity contribution < 1.29 is 14.0 Å². The lowest BCUT2D eigenvalue weighted by molar-refractivity contribution is 0.0535. The van der Waals surface area contributed by atoms with E-state index < -0.39 is 5.82 Å². The summed E-state index contributed by atoms with van der Waals surface area (Å²) in [7, 11) is 0. The summed E-state index contributed by atoms with van der Waals surface area (Å²) in [5, 5.41) is 7.14. The fourth-order valence-corrected chi connectivity index (χ4v) is 4.05. The van der Waals surface area contributed by atoms with Crippen LogP contribution in [-0.4, -0.2) is 68.0 Å². The van der Waals surface area contributed by atoms with Gasteiger partial charge in [-0.05, 0) is 19.1 Å². The smallest absolute Gasteiger partial charge is 0.265 e. The van der Waals surface area contributed by atoms with Crippen molar-refractivity contribution in [3.05, 3.63) is 52.5 Å². The van der Waals surface area contributed by atoms with Crippen LogP contribution in [0.4, 0.5) is 4.39 Å². The number of nitrogens with one attached hydrogen (secondary N) is 1. The molecule has 1 aromatic carbocycles. The summed E-state index contributed by atoms with van der Waals surface area (Å²) in [4.78, 5) is 37.7. The van der Waals surface area contributed by atoms with E-state index in [4.69, 9.17) is 0 Å². The highest BCUT2D eigenvalue weighted by molar-refractivity contribution is 7.17. The number of carbonyl (C=O) groups is 2. The van der Waals surface area contributed by atoms with Crippen LogP contribution in [0.5, 0.6) is 0 Å². The fraction of sp³-hybridized carbons (Fsp3) is 0.278. The predicted molar refractivity (Wildman–Crippen MR) is 100 cm³/mol. The minimum atomic E-state index is -0.536. The highest BCUT2D eigenvalue weighted by atomic mass is 32.1. The molecule has 4 rings (SSSR count). The van der Waals surface area contributed by atoms with Gasteiger partial charge in [-0.15, -0.1) is 11.3 Å². The number of carbonyl (C=O) groups excluding carboxylic acids is 2. The largest absolute Gasteiger partial charge is 0.335 e. The van der Waals surface area contributed by atoms with E-state index in [2.05, 4.69) is 20.2 Å². The van der Waals surface area contributed by atoms with Crippen molar-refractivity contribution in [2.45, 2.75) is 6.92 Å². The Morgan fingerprint density at radius 3 is 2.43 bits per heavy atom. The Hall–Kier alpha value is -3.14. The summed E-state index contributed by atoms with van der Waals surface area (Å²) in [5.41, 5.74) is 0.684. The molecule has 10 heteroatoms. The highest BCUT2D eigenvalue weighted by Gasteiger charge is 2.28. The van der Waals surface area contributed by atoms with E-state index in [-0.39, 0.29) is 17.4 Å². The minimum Gasteiger partial charge on any atom is -0.335 e.